The van der Waals surface area contributed by atoms with Gasteiger partial charge in [-0.05, 0) is 36.2 Å². The molecule has 0 aliphatic heterocycles. The van der Waals surface area contributed by atoms with Gasteiger partial charge < -0.3 is 5.32 Å². The van der Waals surface area contributed by atoms with Crippen LogP contribution in [0.3, 0.4) is 0 Å². The van der Waals surface area contributed by atoms with Gasteiger partial charge in [0.15, 0.2) is 0 Å². The summed E-state index contributed by atoms with van der Waals surface area (Å²) in [5.74, 6) is -0.403. The highest BCUT2D eigenvalue weighted by atomic mass is 32.2. The number of nitrogens with two attached hydrogens (primary N) is 1. The number of primary sulfonamides is 1. The van der Waals surface area contributed by atoms with Crippen molar-refractivity contribution in [3.8, 4) is 0 Å². The molecule has 19 heavy (non-hydrogen) atoms. The SMILES string of the molecule is Cc1ccc(NC(=O)c2cnns2)cc1S(N)(=O)=O. The molecule has 1 aromatic carbocycles. The fourth-order valence-electron chi connectivity index (χ4n) is 1.44. The third-order valence-electron chi connectivity index (χ3n) is 2.34. The van der Waals surface area contributed by atoms with E-state index in [1.807, 2.05) is 0 Å². The van der Waals surface area contributed by atoms with E-state index >= 15 is 0 Å². The number of aromatic nitrogens is 2. The Kier molecular flexibility index (Phi) is 3.60. The second-order valence-electron chi connectivity index (χ2n) is 3.76. The Morgan fingerprint density at radius 3 is 2.74 bits per heavy atom. The van der Waals surface area contributed by atoms with Crippen LogP contribution in [0.15, 0.2) is 29.3 Å². The first-order chi connectivity index (χ1) is 8.88. The number of rotatable bonds is 3. The monoisotopic (exact) mass is 298 g/mol. The first kappa shape index (κ1) is 13.6. The van der Waals surface area contributed by atoms with E-state index in [1.165, 1.54) is 12.3 Å². The number of hydrogen-bond acceptors (Lipinski definition) is 6. The first-order valence-corrected chi connectivity index (χ1v) is 7.42. The smallest absolute Gasteiger partial charge is 0.269 e. The van der Waals surface area contributed by atoms with Crippen molar-refractivity contribution < 1.29 is 13.2 Å². The molecule has 1 aromatic heterocycles. The Bertz CT molecular complexity index is 710. The first-order valence-electron chi connectivity index (χ1n) is 5.10. The van der Waals surface area contributed by atoms with Crippen LogP contribution < -0.4 is 10.5 Å². The summed E-state index contributed by atoms with van der Waals surface area (Å²) < 4.78 is 26.3. The Morgan fingerprint density at radius 1 is 1.42 bits per heavy atom. The van der Waals surface area contributed by atoms with Gasteiger partial charge in [-0.25, -0.2) is 13.6 Å². The van der Waals surface area contributed by atoms with Crippen LogP contribution >= 0.6 is 11.5 Å². The van der Waals surface area contributed by atoms with Crippen molar-refractivity contribution in [1.82, 2.24) is 9.59 Å². The van der Waals surface area contributed by atoms with Crippen molar-refractivity contribution in [2.24, 2.45) is 5.14 Å². The summed E-state index contributed by atoms with van der Waals surface area (Å²) in [6, 6.07) is 4.48. The summed E-state index contributed by atoms with van der Waals surface area (Å²) in [6.07, 6.45) is 1.33. The van der Waals surface area contributed by atoms with Gasteiger partial charge in [0.1, 0.15) is 4.88 Å². The Hall–Kier alpha value is -1.84. The fraction of sp³-hybridized carbons (Fsp3) is 0.100. The number of carbonyl (C=O) groups excluding carboxylic acids is 1. The average molecular weight is 298 g/mol. The third-order valence-corrected chi connectivity index (χ3v) is 4.05. The predicted molar refractivity (Wildman–Crippen MR) is 70.4 cm³/mol. The quantitative estimate of drug-likeness (QED) is 0.867. The lowest BCUT2D eigenvalue weighted by molar-refractivity contribution is 0.103. The summed E-state index contributed by atoms with van der Waals surface area (Å²) in [5, 5.41) is 11.2. The van der Waals surface area contributed by atoms with E-state index in [0.717, 1.165) is 11.5 Å². The van der Waals surface area contributed by atoms with E-state index in [4.69, 9.17) is 5.14 Å². The highest BCUT2D eigenvalue weighted by Crippen LogP contribution is 2.19. The number of carbonyl (C=O) groups is 1. The number of hydrogen-bond donors (Lipinski definition) is 2. The largest absolute Gasteiger partial charge is 0.321 e. The van der Waals surface area contributed by atoms with Crippen LogP contribution in [0, 0.1) is 6.92 Å². The van der Waals surface area contributed by atoms with Gasteiger partial charge in [0.05, 0.1) is 11.1 Å². The minimum absolute atomic E-state index is 0.0206. The molecule has 100 valence electrons. The molecule has 2 rings (SSSR count). The van der Waals surface area contributed by atoms with Crippen molar-refractivity contribution in [3.05, 3.63) is 34.8 Å². The Balaban J connectivity index is 2.30. The second kappa shape index (κ2) is 5.03. The lowest BCUT2D eigenvalue weighted by atomic mass is 10.2. The summed E-state index contributed by atoms with van der Waals surface area (Å²) in [7, 11) is -3.82. The second-order valence-corrected chi connectivity index (χ2v) is 6.08. The maximum absolute atomic E-state index is 11.8. The van der Waals surface area contributed by atoms with Gasteiger partial charge in [-0.15, -0.1) is 5.10 Å². The van der Waals surface area contributed by atoms with Gasteiger partial charge >= 0.3 is 0 Å². The maximum atomic E-state index is 11.8. The van der Waals surface area contributed by atoms with Gasteiger partial charge in [-0.2, -0.15) is 0 Å². The lowest BCUT2D eigenvalue weighted by Gasteiger charge is -2.07. The lowest BCUT2D eigenvalue weighted by Crippen LogP contribution is -2.15. The number of nitrogens with one attached hydrogen (secondary N) is 1. The number of sulfonamides is 1. The summed E-state index contributed by atoms with van der Waals surface area (Å²) >= 11 is 0.947. The molecule has 0 radical (unpaired) electrons. The fourth-order valence-corrected chi connectivity index (χ4v) is 2.66. The maximum Gasteiger partial charge on any atom is 0.269 e. The van der Waals surface area contributed by atoms with Crippen LogP contribution in [0.5, 0.6) is 0 Å². The third kappa shape index (κ3) is 3.13. The zero-order valence-electron chi connectivity index (χ0n) is 9.82. The molecule has 0 fully saturated rings. The van der Waals surface area contributed by atoms with Gasteiger partial charge in [-0.1, -0.05) is 10.6 Å². The van der Waals surface area contributed by atoms with Crippen molar-refractivity contribution in [2.45, 2.75) is 11.8 Å². The molecule has 3 N–H and O–H groups in total. The molecule has 0 aliphatic rings. The molecular formula is C10H10N4O3S2. The minimum Gasteiger partial charge on any atom is -0.321 e. The van der Waals surface area contributed by atoms with Crippen molar-refractivity contribution in [1.29, 1.82) is 0 Å². The Labute approximate surface area is 113 Å². The summed E-state index contributed by atoms with van der Waals surface area (Å²) in [5.41, 5.74) is 0.855. The van der Waals surface area contributed by atoms with Crippen molar-refractivity contribution >= 4 is 33.2 Å². The standard InChI is InChI=1S/C10H10N4O3S2/c1-6-2-3-7(4-9(6)19(11,16)17)13-10(15)8-5-12-14-18-8/h2-5H,1H3,(H,13,15)(H2,11,16,17). The number of anilines is 1. The number of benzene rings is 1. The van der Waals surface area contributed by atoms with Crippen molar-refractivity contribution in [2.75, 3.05) is 5.32 Å². The number of amides is 1. The van der Waals surface area contributed by atoms with Crippen LogP contribution in [0.2, 0.25) is 0 Å². The van der Waals surface area contributed by atoms with Crippen LogP contribution in [0.25, 0.3) is 0 Å². The molecule has 9 heteroatoms. The van der Waals surface area contributed by atoms with Crippen molar-refractivity contribution in [3.63, 3.8) is 0 Å². The zero-order chi connectivity index (χ0) is 14.0. The van der Waals surface area contributed by atoms with E-state index in [1.54, 1.807) is 19.1 Å². The molecule has 0 saturated heterocycles. The molecule has 0 spiro atoms. The molecular weight excluding hydrogens is 288 g/mol. The van der Waals surface area contributed by atoms with E-state index < -0.39 is 15.9 Å². The number of nitrogens with zero attached hydrogens (tertiary/aromatic N) is 2. The van der Waals surface area contributed by atoms with E-state index in [2.05, 4.69) is 14.9 Å². The van der Waals surface area contributed by atoms with Gasteiger partial charge in [0, 0.05) is 5.69 Å². The number of aryl methyl sites for hydroxylation is 1. The van der Waals surface area contributed by atoms with Crippen LogP contribution in [0.1, 0.15) is 15.2 Å². The molecule has 2 aromatic rings. The highest BCUT2D eigenvalue weighted by Gasteiger charge is 2.14. The van der Waals surface area contributed by atoms with Gasteiger partial charge in [-0.3, -0.25) is 4.79 Å². The van der Waals surface area contributed by atoms with E-state index in [0.29, 0.717) is 16.1 Å². The average Bonchev–Trinajstić information content (AvgIpc) is 2.83. The Morgan fingerprint density at radius 2 is 2.16 bits per heavy atom. The molecule has 0 aliphatic carbocycles. The molecule has 1 amide bonds. The van der Waals surface area contributed by atoms with Gasteiger partial charge in [0.25, 0.3) is 5.91 Å². The van der Waals surface area contributed by atoms with Crippen LogP contribution in [-0.4, -0.2) is 23.9 Å². The summed E-state index contributed by atoms with van der Waals surface area (Å²) in [6.45, 7) is 1.62. The zero-order valence-corrected chi connectivity index (χ0v) is 11.5. The molecule has 1 heterocycles. The van der Waals surface area contributed by atoms with E-state index in [-0.39, 0.29) is 4.90 Å². The molecule has 0 atom stereocenters. The summed E-state index contributed by atoms with van der Waals surface area (Å²) in [4.78, 5) is 12.1. The molecule has 0 saturated carbocycles. The van der Waals surface area contributed by atoms with Gasteiger partial charge in [0.2, 0.25) is 10.0 Å². The molecule has 0 bridgehead atoms. The molecule has 7 nitrogen and oxygen atoms in total. The molecule has 0 unspecified atom stereocenters. The normalized spacial score (nSPS) is 11.3. The predicted octanol–water partition coefficient (Wildman–Crippen LogP) is 0.746. The van der Waals surface area contributed by atoms with E-state index in [9.17, 15) is 13.2 Å². The highest BCUT2D eigenvalue weighted by molar-refractivity contribution is 7.89. The van der Waals surface area contributed by atoms with Crippen LogP contribution in [-0.2, 0) is 10.0 Å². The minimum atomic E-state index is -3.82. The topological polar surface area (TPSA) is 115 Å². The van der Waals surface area contributed by atoms with Crippen LogP contribution in [0.4, 0.5) is 5.69 Å².